The smallest absolute Gasteiger partial charge is 0.209 e. The third kappa shape index (κ3) is 10.5. The zero-order valence-electron chi connectivity index (χ0n) is 9.96. The van der Waals surface area contributed by atoms with Crippen LogP contribution in [0.3, 0.4) is 0 Å². The van der Waals surface area contributed by atoms with Gasteiger partial charge in [0.2, 0.25) is 10.0 Å². The molecule has 0 radical (unpaired) electrons. The molecule has 0 aromatic carbocycles. The molecule has 0 rings (SSSR count). The molecule has 92 valence electrons. The van der Waals surface area contributed by atoms with Crippen LogP contribution in [0, 0.1) is 0 Å². The molecule has 0 bridgehead atoms. The van der Waals surface area contributed by atoms with Gasteiger partial charge in [-0.1, -0.05) is 6.92 Å². The molecule has 0 aliphatic carbocycles. The van der Waals surface area contributed by atoms with E-state index in [0.29, 0.717) is 6.54 Å². The van der Waals surface area contributed by atoms with E-state index in [1.165, 1.54) is 6.26 Å². The minimum Gasteiger partial charge on any atom is -0.314 e. The van der Waals surface area contributed by atoms with Crippen molar-refractivity contribution in [3.8, 4) is 0 Å². The van der Waals surface area contributed by atoms with Crippen LogP contribution < -0.4 is 10.0 Å². The maximum Gasteiger partial charge on any atom is 0.209 e. The summed E-state index contributed by atoms with van der Waals surface area (Å²) in [7, 11) is -3.12. The molecule has 0 aromatic rings. The van der Waals surface area contributed by atoms with E-state index in [2.05, 4.69) is 17.0 Å². The van der Waals surface area contributed by atoms with E-state index in [1.807, 2.05) is 25.6 Å². The Labute approximate surface area is 97.6 Å². The van der Waals surface area contributed by atoms with Crippen LogP contribution in [0.2, 0.25) is 0 Å². The molecule has 0 saturated carbocycles. The van der Waals surface area contributed by atoms with Gasteiger partial charge in [0.15, 0.2) is 0 Å². The fraction of sp³-hybridized carbons (Fsp3) is 1.00. The van der Waals surface area contributed by atoms with Crippen molar-refractivity contribution in [3.05, 3.63) is 0 Å². The van der Waals surface area contributed by atoms with Gasteiger partial charge in [-0.25, -0.2) is 13.1 Å². The highest BCUT2D eigenvalue weighted by molar-refractivity contribution is 7.99. The predicted molar refractivity (Wildman–Crippen MR) is 67.9 cm³/mol. The second-order valence-electron chi connectivity index (χ2n) is 4.13. The Bertz CT molecular complexity index is 263. The first-order chi connectivity index (χ1) is 6.77. The molecule has 0 aromatic heterocycles. The Kier molecular flexibility index (Phi) is 6.83. The van der Waals surface area contributed by atoms with E-state index in [1.54, 1.807) is 0 Å². The summed E-state index contributed by atoms with van der Waals surface area (Å²) in [6, 6.07) is 0. The SMILES string of the molecule is CCSCCNCC(C)(C)NS(C)(=O)=O. The molecule has 0 heterocycles. The summed E-state index contributed by atoms with van der Waals surface area (Å²) in [6.45, 7) is 7.42. The minimum atomic E-state index is -3.12. The quantitative estimate of drug-likeness (QED) is 0.625. The van der Waals surface area contributed by atoms with Crippen molar-refractivity contribution in [1.29, 1.82) is 0 Å². The average Bonchev–Trinajstić information content (AvgIpc) is 1.99. The molecule has 4 nitrogen and oxygen atoms in total. The fourth-order valence-corrected chi connectivity index (χ4v) is 2.88. The number of thioether (sulfide) groups is 1. The monoisotopic (exact) mass is 254 g/mol. The van der Waals surface area contributed by atoms with E-state index < -0.39 is 15.6 Å². The lowest BCUT2D eigenvalue weighted by Gasteiger charge is -2.25. The summed E-state index contributed by atoms with van der Waals surface area (Å²) >= 11 is 1.87. The number of nitrogens with one attached hydrogen (secondary N) is 2. The van der Waals surface area contributed by atoms with Crippen molar-refractivity contribution in [2.75, 3.05) is 30.9 Å². The first kappa shape index (κ1) is 15.2. The summed E-state index contributed by atoms with van der Waals surface area (Å²) in [4.78, 5) is 0. The third-order valence-electron chi connectivity index (χ3n) is 1.66. The molecule has 0 unspecified atom stereocenters. The largest absolute Gasteiger partial charge is 0.314 e. The maximum atomic E-state index is 11.0. The Morgan fingerprint density at radius 2 is 1.93 bits per heavy atom. The number of rotatable bonds is 8. The first-order valence-electron chi connectivity index (χ1n) is 5.04. The van der Waals surface area contributed by atoms with Gasteiger partial charge in [0, 0.05) is 24.4 Å². The number of hydrogen-bond acceptors (Lipinski definition) is 4. The van der Waals surface area contributed by atoms with Crippen LogP contribution in [-0.4, -0.2) is 44.8 Å². The van der Waals surface area contributed by atoms with Crippen molar-refractivity contribution < 1.29 is 8.42 Å². The van der Waals surface area contributed by atoms with Crippen molar-refractivity contribution in [1.82, 2.24) is 10.0 Å². The summed E-state index contributed by atoms with van der Waals surface area (Å²) in [5.74, 6) is 2.18. The Morgan fingerprint density at radius 3 is 2.40 bits per heavy atom. The third-order valence-corrected chi connectivity index (χ3v) is 3.48. The molecule has 0 fully saturated rings. The zero-order valence-corrected chi connectivity index (χ0v) is 11.6. The van der Waals surface area contributed by atoms with Crippen molar-refractivity contribution in [3.63, 3.8) is 0 Å². The topological polar surface area (TPSA) is 58.2 Å². The molecule has 2 N–H and O–H groups in total. The van der Waals surface area contributed by atoms with E-state index in [9.17, 15) is 8.42 Å². The molecule has 0 aliphatic heterocycles. The van der Waals surface area contributed by atoms with Gasteiger partial charge in [-0.05, 0) is 19.6 Å². The average molecular weight is 254 g/mol. The second-order valence-corrected chi connectivity index (χ2v) is 7.27. The second kappa shape index (κ2) is 6.73. The number of sulfonamides is 1. The minimum absolute atomic E-state index is 0.426. The lowest BCUT2D eigenvalue weighted by atomic mass is 10.1. The standard InChI is InChI=1S/C9H22N2O2S2/c1-5-14-7-6-10-8-9(2,3)11-15(4,12)13/h10-11H,5-8H2,1-4H3. The van der Waals surface area contributed by atoms with Gasteiger partial charge in [0.05, 0.1) is 6.26 Å². The Hall–Kier alpha value is 0.220. The van der Waals surface area contributed by atoms with E-state index in [4.69, 9.17) is 0 Å². The normalized spacial score (nSPS) is 13.1. The molecular weight excluding hydrogens is 232 g/mol. The van der Waals surface area contributed by atoms with Crippen molar-refractivity contribution in [2.45, 2.75) is 26.3 Å². The highest BCUT2D eigenvalue weighted by atomic mass is 32.2. The van der Waals surface area contributed by atoms with Gasteiger partial charge < -0.3 is 5.32 Å². The molecule has 0 amide bonds. The maximum absolute atomic E-state index is 11.0. The van der Waals surface area contributed by atoms with Crippen LogP contribution in [0.4, 0.5) is 0 Å². The highest BCUT2D eigenvalue weighted by Crippen LogP contribution is 2.02. The summed E-state index contributed by atoms with van der Waals surface area (Å²) in [6.07, 6.45) is 1.18. The van der Waals surface area contributed by atoms with Gasteiger partial charge in [-0.2, -0.15) is 11.8 Å². The van der Waals surface area contributed by atoms with Gasteiger partial charge >= 0.3 is 0 Å². The summed E-state index contributed by atoms with van der Waals surface area (Å²) < 4.78 is 24.7. The molecule has 0 aliphatic rings. The van der Waals surface area contributed by atoms with Crippen molar-refractivity contribution in [2.24, 2.45) is 0 Å². The summed E-state index contributed by atoms with van der Waals surface area (Å²) in [5.41, 5.74) is -0.426. The first-order valence-corrected chi connectivity index (χ1v) is 8.09. The highest BCUT2D eigenvalue weighted by Gasteiger charge is 2.21. The van der Waals surface area contributed by atoms with E-state index >= 15 is 0 Å². The molecule has 0 saturated heterocycles. The molecule has 15 heavy (non-hydrogen) atoms. The Balaban J connectivity index is 3.75. The van der Waals surface area contributed by atoms with Crippen molar-refractivity contribution >= 4 is 21.8 Å². The van der Waals surface area contributed by atoms with Crippen LogP contribution >= 0.6 is 11.8 Å². The molecule has 0 spiro atoms. The van der Waals surface area contributed by atoms with Gasteiger partial charge in [0.25, 0.3) is 0 Å². The van der Waals surface area contributed by atoms with Crippen LogP contribution in [0.5, 0.6) is 0 Å². The molecule has 6 heteroatoms. The van der Waals surface area contributed by atoms with Crippen LogP contribution in [-0.2, 0) is 10.0 Å². The summed E-state index contributed by atoms with van der Waals surface area (Å²) in [5, 5.41) is 3.24. The van der Waals surface area contributed by atoms with Gasteiger partial charge in [-0.15, -0.1) is 0 Å². The predicted octanol–water partition coefficient (Wildman–Crippen LogP) is 0.657. The number of hydrogen-bond donors (Lipinski definition) is 2. The lowest BCUT2D eigenvalue weighted by Crippen LogP contribution is -2.50. The zero-order chi connectivity index (χ0) is 11.9. The van der Waals surface area contributed by atoms with E-state index in [-0.39, 0.29) is 0 Å². The lowest BCUT2D eigenvalue weighted by molar-refractivity contribution is 0.427. The van der Waals surface area contributed by atoms with Crippen LogP contribution in [0.25, 0.3) is 0 Å². The fourth-order valence-electron chi connectivity index (χ4n) is 1.23. The van der Waals surface area contributed by atoms with Gasteiger partial charge in [0.1, 0.15) is 0 Å². The van der Waals surface area contributed by atoms with Gasteiger partial charge in [-0.3, -0.25) is 0 Å². The Morgan fingerprint density at radius 1 is 1.33 bits per heavy atom. The molecule has 0 atom stereocenters. The van der Waals surface area contributed by atoms with E-state index in [0.717, 1.165) is 18.1 Å². The van der Waals surface area contributed by atoms with Crippen LogP contribution in [0.15, 0.2) is 0 Å². The van der Waals surface area contributed by atoms with Crippen LogP contribution in [0.1, 0.15) is 20.8 Å². The molecular formula is C9H22N2O2S2.